The van der Waals surface area contributed by atoms with Crippen LogP contribution < -0.4 is 15.8 Å². The van der Waals surface area contributed by atoms with Gasteiger partial charge in [-0.3, -0.25) is 4.99 Å². The van der Waals surface area contributed by atoms with E-state index >= 15 is 0 Å². The van der Waals surface area contributed by atoms with Crippen molar-refractivity contribution in [2.45, 2.75) is 6.92 Å². The van der Waals surface area contributed by atoms with Gasteiger partial charge in [0.05, 0.1) is 12.5 Å². The maximum Gasteiger partial charge on any atom is 0.137 e. The number of hydrogen-bond acceptors (Lipinski definition) is 4. The fourth-order valence-corrected chi connectivity index (χ4v) is 3.25. The first-order valence-corrected chi connectivity index (χ1v) is 8.60. The Morgan fingerprint density at radius 1 is 1.00 bits per heavy atom. The molecule has 0 unspecified atom stereocenters. The Morgan fingerprint density at radius 3 is 2.54 bits per heavy atom. The van der Waals surface area contributed by atoms with E-state index in [4.69, 9.17) is 14.9 Å². The fraction of sp³-hybridized carbons (Fsp3) is 0.136. The molecule has 4 heteroatoms. The predicted molar refractivity (Wildman–Crippen MR) is 105 cm³/mol. The quantitative estimate of drug-likeness (QED) is 0.432. The standard InChI is InChI=1S/C22H20N2O2/c1-3-24-16-7-11-19-21(13-16)26-20-12-15(23)6-10-18(20)22(19)14-4-8-17(25-2)9-5-14/h4-13H,3,23H2,1-2H3. The molecule has 2 aromatic rings. The molecule has 26 heavy (non-hydrogen) atoms. The number of rotatable bonds is 3. The largest absolute Gasteiger partial charge is 0.497 e. The van der Waals surface area contributed by atoms with Crippen molar-refractivity contribution >= 4 is 16.7 Å². The SMILES string of the molecule is CCN=c1ccc2c(-c3ccc(OC)cc3)c3ccc(N)cc3oc-2c1. The molecule has 0 fully saturated rings. The number of fused-ring (bicyclic) bond motifs is 2. The summed E-state index contributed by atoms with van der Waals surface area (Å²) in [5.41, 5.74) is 10.7. The minimum atomic E-state index is 0.677. The number of nitrogens with two attached hydrogens (primary N) is 1. The molecule has 0 saturated carbocycles. The van der Waals surface area contributed by atoms with Crippen molar-refractivity contribution in [2.75, 3.05) is 19.4 Å². The van der Waals surface area contributed by atoms with Crippen molar-refractivity contribution in [2.24, 2.45) is 4.99 Å². The van der Waals surface area contributed by atoms with E-state index in [1.165, 1.54) is 0 Å². The number of hydrogen-bond donors (Lipinski definition) is 1. The molecule has 2 aromatic carbocycles. The molecule has 0 aromatic heterocycles. The van der Waals surface area contributed by atoms with Gasteiger partial charge in [-0.25, -0.2) is 0 Å². The molecule has 130 valence electrons. The van der Waals surface area contributed by atoms with Crippen LogP contribution >= 0.6 is 0 Å². The summed E-state index contributed by atoms with van der Waals surface area (Å²) < 4.78 is 11.4. The summed E-state index contributed by atoms with van der Waals surface area (Å²) in [5.74, 6) is 1.62. The van der Waals surface area contributed by atoms with Crippen LogP contribution in [0.5, 0.6) is 5.75 Å². The first-order chi connectivity index (χ1) is 12.7. The summed E-state index contributed by atoms with van der Waals surface area (Å²) >= 11 is 0. The normalized spacial score (nSPS) is 12.0. The zero-order valence-electron chi connectivity index (χ0n) is 14.8. The maximum atomic E-state index is 6.16. The predicted octanol–water partition coefficient (Wildman–Crippen LogP) is 4.72. The van der Waals surface area contributed by atoms with Gasteiger partial charge in [-0.1, -0.05) is 12.1 Å². The van der Waals surface area contributed by atoms with Gasteiger partial charge >= 0.3 is 0 Å². The Balaban J connectivity index is 2.08. The lowest BCUT2D eigenvalue weighted by Gasteiger charge is -2.16. The molecule has 0 atom stereocenters. The van der Waals surface area contributed by atoms with E-state index in [-0.39, 0.29) is 0 Å². The van der Waals surface area contributed by atoms with Gasteiger partial charge in [0, 0.05) is 40.9 Å². The Bertz CT molecular complexity index is 1110. The molecule has 1 aliphatic carbocycles. The number of methoxy groups -OCH3 is 1. The smallest absolute Gasteiger partial charge is 0.137 e. The highest BCUT2D eigenvalue weighted by atomic mass is 16.5. The van der Waals surface area contributed by atoms with Crippen molar-refractivity contribution in [3.8, 4) is 28.2 Å². The monoisotopic (exact) mass is 344 g/mol. The molecular weight excluding hydrogens is 324 g/mol. The van der Waals surface area contributed by atoms with Gasteiger partial charge in [0.25, 0.3) is 0 Å². The van der Waals surface area contributed by atoms with Crippen LogP contribution in [0.4, 0.5) is 5.69 Å². The van der Waals surface area contributed by atoms with Gasteiger partial charge in [0.2, 0.25) is 0 Å². The van der Waals surface area contributed by atoms with Crippen LogP contribution in [0.25, 0.3) is 33.4 Å². The number of ether oxygens (including phenoxy) is 1. The second-order valence-corrected chi connectivity index (χ2v) is 6.12. The average Bonchev–Trinajstić information content (AvgIpc) is 2.66. The minimum absolute atomic E-state index is 0.677. The van der Waals surface area contributed by atoms with Crippen LogP contribution in [0.3, 0.4) is 0 Å². The molecule has 2 aliphatic rings. The van der Waals surface area contributed by atoms with Crippen LogP contribution in [0, 0.1) is 0 Å². The molecule has 0 saturated heterocycles. The fourth-order valence-electron chi connectivity index (χ4n) is 3.25. The Kier molecular flexibility index (Phi) is 4.09. The van der Waals surface area contributed by atoms with Crippen molar-refractivity contribution in [1.29, 1.82) is 0 Å². The van der Waals surface area contributed by atoms with Crippen LogP contribution in [0.2, 0.25) is 0 Å². The first kappa shape index (κ1) is 16.2. The highest BCUT2D eigenvalue weighted by Gasteiger charge is 2.17. The number of nitrogens with zero attached hydrogens (tertiary/aromatic N) is 1. The molecule has 4 rings (SSSR count). The maximum absolute atomic E-state index is 6.16. The van der Waals surface area contributed by atoms with Gasteiger partial charge < -0.3 is 14.9 Å². The van der Waals surface area contributed by atoms with E-state index in [1.807, 2.05) is 49.4 Å². The van der Waals surface area contributed by atoms with Gasteiger partial charge in [0.15, 0.2) is 0 Å². The summed E-state index contributed by atoms with van der Waals surface area (Å²) in [6.07, 6.45) is 0. The molecule has 0 amide bonds. The van der Waals surface area contributed by atoms with E-state index in [0.717, 1.165) is 51.1 Å². The summed E-state index contributed by atoms with van der Waals surface area (Å²) in [5, 5.41) is 1.93. The third-order valence-electron chi connectivity index (χ3n) is 4.45. The summed E-state index contributed by atoms with van der Waals surface area (Å²) in [7, 11) is 1.67. The van der Waals surface area contributed by atoms with E-state index in [0.29, 0.717) is 5.69 Å². The third kappa shape index (κ3) is 2.80. The first-order valence-electron chi connectivity index (χ1n) is 8.60. The third-order valence-corrected chi connectivity index (χ3v) is 4.45. The average molecular weight is 344 g/mol. The zero-order valence-corrected chi connectivity index (χ0v) is 14.8. The van der Waals surface area contributed by atoms with Gasteiger partial charge in [-0.2, -0.15) is 0 Å². The number of anilines is 1. The Hall–Kier alpha value is -3.27. The second-order valence-electron chi connectivity index (χ2n) is 6.12. The van der Waals surface area contributed by atoms with Gasteiger partial charge in [0.1, 0.15) is 17.1 Å². The molecule has 0 bridgehead atoms. The number of nitrogen functional groups attached to an aromatic ring is 1. The van der Waals surface area contributed by atoms with Gasteiger partial charge in [-0.15, -0.1) is 0 Å². The zero-order chi connectivity index (χ0) is 18.1. The molecule has 0 radical (unpaired) electrons. The topological polar surface area (TPSA) is 60.8 Å². The van der Waals surface area contributed by atoms with Crippen LogP contribution in [-0.4, -0.2) is 13.7 Å². The van der Waals surface area contributed by atoms with Crippen LogP contribution in [0.15, 0.2) is 70.1 Å². The molecule has 1 aliphatic heterocycles. The van der Waals surface area contributed by atoms with Crippen molar-refractivity contribution < 1.29 is 9.15 Å². The Labute approximate surface area is 151 Å². The van der Waals surface area contributed by atoms with Crippen LogP contribution in [0.1, 0.15) is 6.92 Å². The van der Waals surface area contributed by atoms with E-state index < -0.39 is 0 Å². The number of benzene rings is 3. The van der Waals surface area contributed by atoms with E-state index in [1.54, 1.807) is 7.11 Å². The summed E-state index contributed by atoms with van der Waals surface area (Å²) in [6.45, 7) is 2.75. The second kappa shape index (κ2) is 6.56. The lowest BCUT2D eigenvalue weighted by atomic mass is 9.93. The Morgan fingerprint density at radius 2 is 1.81 bits per heavy atom. The van der Waals surface area contributed by atoms with Gasteiger partial charge in [-0.05, 0) is 48.9 Å². The van der Waals surface area contributed by atoms with E-state index in [9.17, 15) is 0 Å². The lowest BCUT2D eigenvalue weighted by Crippen LogP contribution is -2.03. The van der Waals surface area contributed by atoms with E-state index in [2.05, 4.69) is 23.2 Å². The van der Waals surface area contributed by atoms with Crippen molar-refractivity contribution in [3.63, 3.8) is 0 Å². The molecule has 2 N–H and O–H groups in total. The molecular formula is C22H20N2O2. The van der Waals surface area contributed by atoms with Crippen molar-refractivity contribution in [1.82, 2.24) is 0 Å². The lowest BCUT2D eigenvalue weighted by molar-refractivity contribution is 0.415. The minimum Gasteiger partial charge on any atom is -0.497 e. The highest BCUT2D eigenvalue weighted by molar-refractivity contribution is 6.02. The molecule has 4 nitrogen and oxygen atoms in total. The summed E-state index contributed by atoms with van der Waals surface area (Å²) in [6, 6.07) is 19.9. The summed E-state index contributed by atoms with van der Waals surface area (Å²) in [4.78, 5) is 4.48. The molecule has 0 spiro atoms. The highest BCUT2D eigenvalue weighted by Crippen LogP contribution is 2.40. The van der Waals surface area contributed by atoms with Crippen LogP contribution in [-0.2, 0) is 0 Å². The molecule has 1 heterocycles. The van der Waals surface area contributed by atoms with Crippen molar-refractivity contribution in [3.05, 3.63) is 66.0 Å².